The maximum atomic E-state index is 5.67. The van der Waals surface area contributed by atoms with Gasteiger partial charge in [-0.25, -0.2) is 0 Å². The number of hydrogen-bond acceptors (Lipinski definition) is 3. The molecule has 0 radical (unpaired) electrons. The van der Waals surface area contributed by atoms with Gasteiger partial charge in [-0.1, -0.05) is 32.8 Å². The predicted molar refractivity (Wildman–Crippen MR) is 67.8 cm³/mol. The summed E-state index contributed by atoms with van der Waals surface area (Å²) in [5, 5.41) is 0. The number of nitrogens with two attached hydrogens (primary N) is 1. The van der Waals surface area contributed by atoms with Crippen molar-refractivity contribution in [3.05, 3.63) is 29.1 Å². The molecule has 0 aliphatic rings. The first-order valence-electron chi connectivity index (χ1n) is 6.03. The van der Waals surface area contributed by atoms with E-state index in [0.717, 1.165) is 18.5 Å². The Hall–Kier alpha value is -0.930. The molecule has 0 aliphatic carbocycles. The average Bonchev–Trinajstić information content (AvgIpc) is 2.27. The molecule has 0 amide bonds. The first-order valence-corrected chi connectivity index (χ1v) is 6.03. The Labute approximate surface area is 98.4 Å². The fourth-order valence-electron chi connectivity index (χ4n) is 2.25. The van der Waals surface area contributed by atoms with Crippen molar-refractivity contribution in [3.63, 3.8) is 0 Å². The van der Waals surface area contributed by atoms with Crippen LogP contribution in [-0.4, -0.2) is 4.98 Å². The lowest BCUT2D eigenvalue weighted by atomic mass is 9.90. The number of rotatable bonds is 5. The van der Waals surface area contributed by atoms with Crippen LogP contribution in [0.2, 0.25) is 0 Å². The third kappa shape index (κ3) is 2.80. The van der Waals surface area contributed by atoms with Crippen LogP contribution < -0.4 is 11.3 Å². The summed E-state index contributed by atoms with van der Waals surface area (Å²) in [5.74, 6) is 6.21. The zero-order valence-electron chi connectivity index (χ0n) is 10.7. The van der Waals surface area contributed by atoms with Crippen molar-refractivity contribution in [2.24, 2.45) is 11.8 Å². The number of hydrazine groups is 1. The third-order valence-corrected chi connectivity index (χ3v) is 3.25. The molecule has 0 fully saturated rings. The average molecular weight is 221 g/mol. The van der Waals surface area contributed by atoms with Crippen LogP contribution in [0, 0.1) is 19.8 Å². The summed E-state index contributed by atoms with van der Waals surface area (Å²) in [6.07, 6.45) is 4.13. The Morgan fingerprint density at radius 1 is 1.31 bits per heavy atom. The van der Waals surface area contributed by atoms with Gasteiger partial charge in [0.15, 0.2) is 0 Å². The lowest BCUT2D eigenvalue weighted by molar-refractivity contribution is 0.338. The van der Waals surface area contributed by atoms with E-state index in [0.29, 0.717) is 5.92 Å². The molecule has 1 atom stereocenters. The highest BCUT2D eigenvalue weighted by Crippen LogP contribution is 2.27. The molecule has 1 heterocycles. The lowest BCUT2D eigenvalue weighted by Gasteiger charge is -2.25. The van der Waals surface area contributed by atoms with Crippen LogP contribution in [0.15, 0.2) is 12.3 Å². The van der Waals surface area contributed by atoms with E-state index in [2.05, 4.69) is 44.2 Å². The summed E-state index contributed by atoms with van der Waals surface area (Å²) < 4.78 is 0. The largest absolute Gasteiger partial charge is 0.271 e. The monoisotopic (exact) mass is 221 g/mol. The molecule has 0 aliphatic heterocycles. The van der Waals surface area contributed by atoms with Crippen molar-refractivity contribution in [1.82, 2.24) is 10.4 Å². The molecule has 1 aromatic heterocycles. The minimum atomic E-state index is 0.163. The summed E-state index contributed by atoms with van der Waals surface area (Å²) in [7, 11) is 0. The molecular weight excluding hydrogens is 198 g/mol. The van der Waals surface area contributed by atoms with Crippen LogP contribution in [0.25, 0.3) is 0 Å². The molecular formula is C13H23N3. The van der Waals surface area contributed by atoms with E-state index in [9.17, 15) is 0 Å². The standard InChI is InChI=1S/C13H23N3/c1-5-11(6-2)13(16-14)12-10(4)7-9(3)8-15-12/h7-8,11,13,16H,5-6,14H2,1-4H3. The minimum absolute atomic E-state index is 0.163. The van der Waals surface area contributed by atoms with Gasteiger partial charge < -0.3 is 0 Å². The zero-order valence-corrected chi connectivity index (χ0v) is 10.7. The van der Waals surface area contributed by atoms with Gasteiger partial charge in [0.05, 0.1) is 11.7 Å². The molecule has 1 unspecified atom stereocenters. The Kier molecular flexibility index (Phi) is 4.90. The smallest absolute Gasteiger partial charge is 0.0662 e. The van der Waals surface area contributed by atoms with Crippen LogP contribution >= 0.6 is 0 Å². The first kappa shape index (κ1) is 13.1. The molecule has 3 heteroatoms. The molecule has 90 valence electrons. The number of hydrogen-bond donors (Lipinski definition) is 2. The van der Waals surface area contributed by atoms with Crippen molar-refractivity contribution < 1.29 is 0 Å². The Balaban J connectivity index is 3.03. The molecule has 0 saturated carbocycles. The number of nitrogens with zero attached hydrogens (tertiary/aromatic N) is 1. The maximum absolute atomic E-state index is 5.67. The van der Waals surface area contributed by atoms with Crippen LogP contribution in [0.3, 0.4) is 0 Å². The van der Waals surface area contributed by atoms with E-state index < -0.39 is 0 Å². The highest BCUT2D eigenvalue weighted by atomic mass is 15.2. The Morgan fingerprint density at radius 3 is 2.38 bits per heavy atom. The second-order valence-corrected chi connectivity index (χ2v) is 4.44. The van der Waals surface area contributed by atoms with E-state index in [-0.39, 0.29) is 6.04 Å². The summed E-state index contributed by atoms with van der Waals surface area (Å²) >= 11 is 0. The van der Waals surface area contributed by atoms with Crippen molar-refractivity contribution in [1.29, 1.82) is 0 Å². The molecule has 0 bridgehead atoms. The van der Waals surface area contributed by atoms with Gasteiger partial charge in [0.1, 0.15) is 0 Å². The van der Waals surface area contributed by atoms with Crippen LogP contribution in [0.1, 0.15) is 49.6 Å². The summed E-state index contributed by atoms with van der Waals surface area (Å²) in [5.41, 5.74) is 6.42. The van der Waals surface area contributed by atoms with Gasteiger partial charge in [0, 0.05) is 6.20 Å². The molecule has 16 heavy (non-hydrogen) atoms. The van der Waals surface area contributed by atoms with Crippen LogP contribution in [0.4, 0.5) is 0 Å². The van der Waals surface area contributed by atoms with Gasteiger partial charge in [0.2, 0.25) is 0 Å². The maximum Gasteiger partial charge on any atom is 0.0662 e. The first-order chi connectivity index (χ1) is 7.63. The lowest BCUT2D eigenvalue weighted by Crippen LogP contribution is -2.34. The number of aryl methyl sites for hydroxylation is 2. The van der Waals surface area contributed by atoms with Gasteiger partial charge in [-0.05, 0) is 30.9 Å². The van der Waals surface area contributed by atoms with Crippen LogP contribution in [-0.2, 0) is 0 Å². The summed E-state index contributed by atoms with van der Waals surface area (Å²) in [4.78, 5) is 4.52. The SMILES string of the molecule is CCC(CC)C(NN)c1ncc(C)cc1C. The molecule has 0 saturated heterocycles. The third-order valence-electron chi connectivity index (χ3n) is 3.25. The van der Waals surface area contributed by atoms with Gasteiger partial charge >= 0.3 is 0 Å². The number of nitrogens with one attached hydrogen (secondary N) is 1. The fourth-order valence-corrected chi connectivity index (χ4v) is 2.25. The Morgan fingerprint density at radius 2 is 1.94 bits per heavy atom. The Bertz CT molecular complexity index is 332. The summed E-state index contributed by atoms with van der Waals surface area (Å²) in [6, 6.07) is 2.32. The quantitative estimate of drug-likeness (QED) is 0.593. The van der Waals surface area contributed by atoms with E-state index in [1.54, 1.807) is 0 Å². The molecule has 0 spiro atoms. The van der Waals surface area contributed by atoms with Crippen molar-refractivity contribution in [3.8, 4) is 0 Å². The van der Waals surface area contributed by atoms with E-state index in [1.165, 1.54) is 11.1 Å². The van der Waals surface area contributed by atoms with Gasteiger partial charge in [-0.15, -0.1) is 0 Å². The molecule has 0 aromatic carbocycles. The van der Waals surface area contributed by atoms with E-state index in [1.807, 2.05) is 6.20 Å². The van der Waals surface area contributed by atoms with Crippen LogP contribution in [0.5, 0.6) is 0 Å². The molecule has 1 aromatic rings. The molecule has 3 nitrogen and oxygen atoms in total. The summed E-state index contributed by atoms with van der Waals surface area (Å²) in [6.45, 7) is 8.55. The van der Waals surface area contributed by atoms with E-state index >= 15 is 0 Å². The molecule has 3 N–H and O–H groups in total. The minimum Gasteiger partial charge on any atom is -0.271 e. The van der Waals surface area contributed by atoms with Crippen molar-refractivity contribution in [2.45, 2.75) is 46.6 Å². The predicted octanol–water partition coefficient (Wildman–Crippen LogP) is 2.64. The normalized spacial score (nSPS) is 13.1. The zero-order chi connectivity index (χ0) is 12.1. The fraction of sp³-hybridized carbons (Fsp3) is 0.615. The van der Waals surface area contributed by atoms with E-state index in [4.69, 9.17) is 5.84 Å². The highest BCUT2D eigenvalue weighted by Gasteiger charge is 2.21. The number of pyridine rings is 1. The number of aromatic nitrogens is 1. The second kappa shape index (κ2) is 5.97. The van der Waals surface area contributed by atoms with Gasteiger partial charge in [0.25, 0.3) is 0 Å². The van der Waals surface area contributed by atoms with Gasteiger partial charge in [-0.2, -0.15) is 0 Å². The van der Waals surface area contributed by atoms with Gasteiger partial charge in [-0.3, -0.25) is 16.3 Å². The molecule has 1 rings (SSSR count). The topological polar surface area (TPSA) is 50.9 Å². The second-order valence-electron chi connectivity index (χ2n) is 4.44. The highest BCUT2D eigenvalue weighted by molar-refractivity contribution is 5.26. The van der Waals surface area contributed by atoms with Crippen molar-refractivity contribution in [2.75, 3.05) is 0 Å². The van der Waals surface area contributed by atoms with Crippen molar-refractivity contribution >= 4 is 0 Å².